The lowest BCUT2D eigenvalue weighted by molar-refractivity contribution is 0.0997. The molecular weight excluding hydrogens is 342 g/mol. The number of carbonyl (C=O) groups excluding carboxylic acids is 1. The minimum Gasteiger partial charge on any atom is -0.507 e. The van der Waals surface area contributed by atoms with Gasteiger partial charge in [-0.2, -0.15) is 0 Å². The van der Waals surface area contributed by atoms with E-state index in [-0.39, 0.29) is 11.3 Å². The van der Waals surface area contributed by atoms with Crippen LogP contribution in [0.15, 0.2) is 48.5 Å². The van der Waals surface area contributed by atoms with Crippen molar-refractivity contribution in [1.29, 1.82) is 0 Å². The van der Waals surface area contributed by atoms with Crippen molar-refractivity contribution in [2.45, 2.75) is 37.5 Å². The predicted molar refractivity (Wildman–Crippen MR) is 106 cm³/mol. The molecule has 0 saturated heterocycles. The minimum atomic E-state index is -0.769. The molecule has 2 aromatic rings. The summed E-state index contributed by atoms with van der Waals surface area (Å²) in [5.41, 5.74) is 7.05. The molecule has 1 fully saturated rings. The van der Waals surface area contributed by atoms with Crippen LogP contribution in [0.4, 0.5) is 5.69 Å². The van der Waals surface area contributed by atoms with Crippen molar-refractivity contribution in [2.75, 3.05) is 18.5 Å². The summed E-state index contributed by atoms with van der Waals surface area (Å²) in [7, 11) is 2.12. The molecule has 27 heavy (non-hydrogen) atoms. The second kappa shape index (κ2) is 8.41. The second-order valence-corrected chi connectivity index (χ2v) is 7.18. The number of benzene rings is 2. The van der Waals surface area contributed by atoms with Gasteiger partial charge in [-0.3, -0.25) is 4.79 Å². The Hall–Kier alpha value is -2.57. The first-order valence-corrected chi connectivity index (χ1v) is 9.27. The van der Waals surface area contributed by atoms with Gasteiger partial charge in [-0.1, -0.05) is 24.3 Å². The largest absolute Gasteiger partial charge is 0.507 e. The Balaban J connectivity index is 1.54. The van der Waals surface area contributed by atoms with Crippen molar-refractivity contribution in [3.63, 3.8) is 0 Å². The number of primary amides is 1. The number of carbonyl (C=O) groups is 1. The summed E-state index contributed by atoms with van der Waals surface area (Å²) in [6.07, 6.45) is 2.40. The van der Waals surface area contributed by atoms with Crippen LogP contribution in [0, 0.1) is 0 Å². The van der Waals surface area contributed by atoms with Crippen LogP contribution in [0.3, 0.4) is 0 Å². The second-order valence-electron chi connectivity index (χ2n) is 7.18. The molecule has 0 heterocycles. The lowest BCUT2D eigenvalue weighted by atomic mass is 10.0. The Kier molecular flexibility index (Phi) is 5.98. The van der Waals surface area contributed by atoms with Gasteiger partial charge in [0.25, 0.3) is 5.91 Å². The molecule has 1 amide bonds. The smallest absolute Gasteiger partial charge is 0.252 e. The molecular formula is C21H27N3O3. The first-order valence-electron chi connectivity index (χ1n) is 9.27. The average Bonchev–Trinajstić information content (AvgIpc) is 3.15. The first-order chi connectivity index (χ1) is 13.0. The van der Waals surface area contributed by atoms with Crippen LogP contribution in [0.5, 0.6) is 5.75 Å². The zero-order chi connectivity index (χ0) is 19.4. The lowest BCUT2D eigenvalue weighted by Crippen LogP contribution is -2.34. The zero-order valence-corrected chi connectivity index (χ0v) is 15.5. The molecule has 6 heteroatoms. The molecule has 0 bridgehead atoms. The fraction of sp³-hybridized carbons (Fsp3) is 0.381. The van der Waals surface area contributed by atoms with Crippen LogP contribution < -0.4 is 16.0 Å². The zero-order valence-electron chi connectivity index (χ0n) is 15.5. The van der Waals surface area contributed by atoms with Crippen LogP contribution in [-0.2, 0) is 0 Å². The highest BCUT2D eigenvalue weighted by molar-refractivity contribution is 5.95. The number of aromatic hydroxyl groups is 1. The fourth-order valence-electron chi connectivity index (χ4n) is 3.72. The number of para-hydroxylation sites is 1. The Morgan fingerprint density at radius 2 is 2.00 bits per heavy atom. The van der Waals surface area contributed by atoms with Gasteiger partial charge in [-0.25, -0.2) is 0 Å². The van der Waals surface area contributed by atoms with Crippen LogP contribution >= 0.6 is 0 Å². The maximum Gasteiger partial charge on any atom is 0.252 e. The highest BCUT2D eigenvalue weighted by atomic mass is 16.3. The van der Waals surface area contributed by atoms with E-state index in [1.165, 1.54) is 17.8 Å². The number of hydrogen-bond donors (Lipinski definition) is 4. The molecule has 0 aliphatic heterocycles. The highest BCUT2D eigenvalue weighted by Crippen LogP contribution is 2.28. The van der Waals surface area contributed by atoms with Gasteiger partial charge in [0.1, 0.15) is 5.75 Å². The third-order valence-electron chi connectivity index (χ3n) is 5.39. The SMILES string of the molecule is CN(c1ccccc1)[C@@H]1CC[C@H](NCC(O)c2ccc(O)c(C(N)=O)c2)C1. The van der Waals surface area contributed by atoms with Gasteiger partial charge >= 0.3 is 0 Å². The Morgan fingerprint density at radius 3 is 2.70 bits per heavy atom. The van der Waals surface area contributed by atoms with E-state index in [1.54, 1.807) is 6.07 Å². The molecule has 0 radical (unpaired) electrons. The van der Waals surface area contributed by atoms with Crippen LogP contribution in [0.2, 0.25) is 0 Å². The number of nitrogens with one attached hydrogen (secondary N) is 1. The summed E-state index contributed by atoms with van der Waals surface area (Å²) in [5, 5.41) is 23.5. The Bertz CT molecular complexity index is 781. The number of aliphatic hydroxyl groups is 1. The third kappa shape index (κ3) is 4.59. The summed E-state index contributed by atoms with van der Waals surface area (Å²) < 4.78 is 0. The molecule has 6 nitrogen and oxygen atoms in total. The number of anilines is 1. The molecule has 1 aliphatic carbocycles. The number of amides is 1. The number of nitrogens with zero attached hydrogens (tertiary/aromatic N) is 1. The monoisotopic (exact) mass is 369 g/mol. The van der Waals surface area contributed by atoms with Crippen molar-refractivity contribution in [2.24, 2.45) is 5.73 Å². The lowest BCUT2D eigenvalue weighted by Gasteiger charge is -2.27. The molecule has 1 saturated carbocycles. The number of phenols is 1. The fourth-order valence-corrected chi connectivity index (χ4v) is 3.72. The summed E-state index contributed by atoms with van der Waals surface area (Å²) in [5.74, 6) is -0.883. The normalized spacial score (nSPS) is 20.4. The molecule has 144 valence electrons. The number of hydrogen-bond acceptors (Lipinski definition) is 5. The summed E-state index contributed by atoms with van der Waals surface area (Å²) in [6.45, 7) is 0.384. The van der Waals surface area contributed by atoms with Gasteiger partial charge in [0.15, 0.2) is 0 Å². The van der Waals surface area contributed by atoms with Crippen LogP contribution in [-0.4, -0.2) is 41.8 Å². The van der Waals surface area contributed by atoms with E-state index in [2.05, 4.69) is 29.4 Å². The van der Waals surface area contributed by atoms with E-state index < -0.39 is 12.0 Å². The first kappa shape index (κ1) is 19.2. The maximum atomic E-state index is 11.3. The maximum absolute atomic E-state index is 11.3. The molecule has 5 N–H and O–H groups in total. The van der Waals surface area contributed by atoms with E-state index in [0.29, 0.717) is 24.2 Å². The highest BCUT2D eigenvalue weighted by Gasteiger charge is 2.28. The van der Waals surface area contributed by atoms with E-state index >= 15 is 0 Å². The van der Waals surface area contributed by atoms with Crippen LogP contribution in [0.1, 0.15) is 41.3 Å². The summed E-state index contributed by atoms with van der Waals surface area (Å²) in [4.78, 5) is 13.7. The quantitative estimate of drug-likeness (QED) is 0.600. The van der Waals surface area contributed by atoms with Crippen molar-refractivity contribution in [3.8, 4) is 5.75 Å². The Labute approximate surface area is 159 Å². The van der Waals surface area contributed by atoms with Gasteiger partial charge in [0, 0.05) is 31.4 Å². The van der Waals surface area contributed by atoms with Crippen LogP contribution in [0.25, 0.3) is 0 Å². The van der Waals surface area contributed by atoms with E-state index in [4.69, 9.17) is 5.73 Å². The van der Waals surface area contributed by atoms with Gasteiger partial charge in [0.05, 0.1) is 11.7 Å². The number of nitrogens with two attached hydrogens (primary N) is 1. The molecule has 0 aromatic heterocycles. The molecule has 1 unspecified atom stereocenters. The molecule has 1 aliphatic rings. The summed E-state index contributed by atoms with van der Waals surface area (Å²) in [6, 6.07) is 15.6. The van der Waals surface area contributed by atoms with Gasteiger partial charge in [-0.15, -0.1) is 0 Å². The minimum absolute atomic E-state index is 0.0250. The van der Waals surface area contributed by atoms with Gasteiger partial charge < -0.3 is 26.2 Å². The van der Waals surface area contributed by atoms with Gasteiger partial charge in [-0.05, 0) is 49.1 Å². The van der Waals surface area contributed by atoms with Gasteiger partial charge in [0.2, 0.25) is 0 Å². The summed E-state index contributed by atoms with van der Waals surface area (Å²) >= 11 is 0. The van der Waals surface area contributed by atoms with E-state index in [9.17, 15) is 15.0 Å². The molecule has 3 rings (SSSR count). The predicted octanol–water partition coefficient (Wildman–Crippen LogP) is 2.17. The molecule has 0 spiro atoms. The molecule has 2 aromatic carbocycles. The average molecular weight is 369 g/mol. The van der Waals surface area contributed by atoms with Crippen molar-refractivity contribution >= 4 is 11.6 Å². The topological polar surface area (TPSA) is 98.8 Å². The third-order valence-corrected chi connectivity index (χ3v) is 5.39. The van der Waals surface area contributed by atoms with Crippen molar-refractivity contribution in [3.05, 3.63) is 59.7 Å². The Morgan fingerprint density at radius 1 is 1.26 bits per heavy atom. The molecule has 3 atom stereocenters. The number of aliphatic hydroxyl groups excluding tert-OH is 1. The number of rotatable bonds is 7. The van der Waals surface area contributed by atoms with E-state index in [1.807, 2.05) is 18.2 Å². The standard InChI is InChI=1S/C21H27N3O3/c1-24(16-5-3-2-4-6-16)17-9-8-15(12-17)23-13-20(26)14-7-10-19(25)18(11-14)21(22)27/h2-7,10-11,15,17,20,23,25-26H,8-9,12-13H2,1H3,(H2,22,27)/t15-,17+,20?/m0/s1. The van der Waals surface area contributed by atoms with Crippen molar-refractivity contribution < 1.29 is 15.0 Å². The van der Waals surface area contributed by atoms with E-state index in [0.717, 1.165) is 19.3 Å². The van der Waals surface area contributed by atoms with Crippen molar-refractivity contribution in [1.82, 2.24) is 5.32 Å².